The number of nitrogens with one attached hydrogen (secondary N) is 3. The molecule has 8 heteroatoms. The number of amides is 1. The molecular formula is C21H26F2N4O2. The highest BCUT2D eigenvalue weighted by Crippen LogP contribution is 2.21. The summed E-state index contributed by atoms with van der Waals surface area (Å²) in [6, 6.07) is 14.9. The monoisotopic (exact) mass is 404 g/mol. The summed E-state index contributed by atoms with van der Waals surface area (Å²) >= 11 is 0. The van der Waals surface area contributed by atoms with Gasteiger partial charge < -0.3 is 20.7 Å². The number of carbonyl (C=O) groups excluding carboxylic acids is 1. The van der Waals surface area contributed by atoms with Crippen LogP contribution in [0.2, 0.25) is 0 Å². The number of ether oxygens (including phenoxy) is 1. The molecule has 3 N–H and O–H groups in total. The number of nitrogens with zero attached hydrogens (tertiary/aromatic N) is 1. The summed E-state index contributed by atoms with van der Waals surface area (Å²) in [6.07, 6.45) is 0.750. The molecule has 2 aromatic rings. The zero-order chi connectivity index (χ0) is 21.1. The van der Waals surface area contributed by atoms with Gasteiger partial charge in [-0.3, -0.25) is 9.79 Å². The van der Waals surface area contributed by atoms with Crippen LogP contribution in [0.3, 0.4) is 0 Å². The third-order valence-electron chi connectivity index (χ3n) is 4.10. The molecule has 0 spiro atoms. The predicted octanol–water partition coefficient (Wildman–Crippen LogP) is 2.62. The zero-order valence-corrected chi connectivity index (χ0v) is 16.5. The normalized spacial score (nSPS) is 11.3. The number of aliphatic imine (C=N–C) groups is 1. The largest absolute Gasteiger partial charge is 0.434 e. The van der Waals surface area contributed by atoms with Crippen molar-refractivity contribution >= 4 is 11.9 Å². The van der Waals surface area contributed by atoms with Crippen molar-refractivity contribution in [1.29, 1.82) is 0 Å². The molecule has 0 atom stereocenters. The maximum absolute atomic E-state index is 12.6. The number of guanidine groups is 1. The van der Waals surface area contributed by atoms with Crippen LogP contribution in [0, 0.1) is 6.92 Å². The summed E-state index contributed by atoms with van der Waals surface area (Å²) in [7, 11) is 1.56. The Bertz CT molecular complexity index is 814. The molecule has 0 heterocycles. The first-order valence-corrected chi connectivity index (χ1v) is 9.27. The second kappa shape index (κ2) is 11.6. The first-order chi connectivity index (χ1) is 14.0. The van der Waals surface area contributed by atoms with Crippen molar-refractivity contribution in [2.24, 2.45) is 4.99 Å². The Morgan fingerprint density at radius 1 is 1.10 bits per heavy atom. The summed E-state index contributed by atoms with van der Waals surface area (Å²) in [6.45, 7) is -0.230. The van der Waals surface area contributed by atoms with Crippen LogP contribution in [0.5, 0.6) is 5.75 Å². The number of alkyl halides is 2. The summed E-state index contributed by atoms with van der Waals surface area (Å²) in [5.41, 5.74) is 2.64. The van der Waals surface area contributed by atoms with E-state index in [2.05, 4.69) is 25.7 Å². The van der Waals surface area contributed by atoms with E-state index < -0.39 is 6.61 Å². The zero-order valence-electron chi connectivity index (χ0n) is 16.5. The lowest BCUT2D eigenvalue weighted by Gasteiger charge is -2.15. The number of halogens is 2. The van der Waals surface area contributed by atoms with Crippen LogP contribution in [-0.2, 0) is 17.8 Å². The minimum absolute atomic E-state index is 0.0443. The first kappa shape index (κ1) is 22.1. The van der Waals surface area contributed by atoms with Crippen LogP contribution in [0.15, 0.2) is 53.5 Å². The molecule has 0 bridgehead atoms. The first-order valence-electron chi connectivity index (χ1n) is 9.27. The van der Waals surface area contributed by atoms with E-state index in [4.69, 9.17) is 0 Å². The number of carbonyl (C=O) groups is 1. The van der Waals surface area contributed by atoms with Gasteiger partial charge in [-0.1, -0.05) is 48.0 Å². The van der Waals surface area contributed by atoms with Gasteiger partial charge >= 0.3 is 6.61 Å². The minimum atomic E-state index is -2.89. The lowest BCUT2D eigenvalue weighted by molar-refractivity contribution is -0.119. The molecule has 0 fully saturated rings. The molecule has 156 valence electrons. The van der Waals surface area contributed by atoms with Crippen molar-refractivity contribution in [2.45, 2.75) is 26.5 Å². The molecule has 0 unspecified atom stereocenters. The highest BCUT2D eigenvalue weighted by molar-refractivity contribution is 5.86. The molecule has 2 aromatic carbocycles. The number of hydrogen-bond acceptors (Lipinski definition) is 3. The van der Waals surface area contributed by atoms with Crippen molar-refractivity contribution < 1.29 is 18.3 Å². The van der Waals surface area contributed by atoms with Crippen LogP contribution in [0.25, 0.3) is 0 Å². The van der Waals surface area contributed by atoms with Crippen LogP contribution < -0.4 is 20.7 Å². The van der Waals surface area contributed by atoms with E-state index in [9.17, 15) is 13.6 Å². The van der Waals surface area contributed by atoms with Gasteiger partial charge in [0.1, 0.15) is 5.75 Å². The lowest BCUT2D eigenvalue weighted by Crippen LogP contribution is -2.43. The molecule has 0 aliphatic rings. The van der Waals surface area contributed by atoms with Gasteiger partial charge in [-0.2, -0.15) is 8.78 Å². The summed E-state index contributed by atoms with van der Waals surface area (Å²) in [5, 5.41) is 8.73. The average Bonchev–Trinajstić information content (AvgIpc) is 2.70. The second-order valence-electron chi connectivity index (χ2n) is 6.35. The molecule has 0 radical (unpaired) electrons. The Hall–Kier alpha value is -3.16. The Balaban J connectivity index is 1.77. The Kier molecular flexibility index (Phi) is 8.88. The summed E-state index contributed by atoms with van der Waals surface area (Å²) < 4.78 is 29.7. The summed E-state index contributed by atoms with van der Waals surface area (Å²) in [4.78, 5) is 16.0. The van der Waals surface area contributed by atoms with Gasteiger partial charge in [0.2, 0.25) is 5.91 Å². The summed E-state index contributed by atoms with van der Waals surface area (Å²) in [5.74, 6) is 0.320. The van der Waals surface area contributed by atoms with Gasteiger partial charge in [-0.05, 0) is 25.0 Å². The van der Waals surface area contributed by atoms with E-state index in [1.54, 1.807) is 19.2 Å². The Morgan fingerprint density at radius 2 is 1.86 bits per heavy atom. The van der Waals surface area contributed by atoms with Crippen molar-refractivity contribution in [3.8, 4) is 5.75 Å². The fraction of sp³-hybridized carbons (Fsp3) is 0.333. The molecule has 6 nitrogen and oxygen atoms in total. The van der Waals surface area contributed by atoms with E-state index in [0.717, 1.165) is 17.5 Å². The topological polar surface area (TPSA) is 74.8 Å². The number of hydrogen-bond donors (Lipinski definition) is 3. The van der Waals surface area contributed by atoms with Gasteiger partial charge in [0, 0.05) is 25.7 Å². The van der Waals surface area contributed by atoms with Crippen molar-refractivity contribution in [3.05, 3.63) is 65.2 Å². The number of benzene rings is 2. The second-order valence-corrected chi connectivity index (χ2v) is 6.35. The predicted molar refractivity (Wildman–Crippen MR) is 109 cm³/mol. The van der Waals surface area contributed by atoms with Gasteiger partial charge in [-0.15, -0.1) is 0 Å². The van der Waals surface area contributed by atoms with E-state index in [-0.39, 0.29) is 24.7 Å². The molecule has 0 aliphatic heterocycles. The van der Waals surface area contributed by atoms with Crippen LogP contribution in [0.1, 0.15) is 16.7 Å². The molecule has 2 rings (SSSR count). The number of rotatable bonds is 9. The molecule has 1 amide bonds. The maximum Gasteiger partial charge on any atom is 0.387 e. The quantitative estimate of drug-likeness (QED) is 0.444. The van der Waals surface area contributed by atoms with E-state index in [1.165, 1.54) is 6.07 Å². The van der Waals surface area contributed by atoms with Crippen LogP contribution in [-0.4, -0.2) is 38.6 Å². The highest BCUT2D eigenvalue weighted by atomic mass is 19.3. The van der Waals surface area contributed by atoms with Crippen LogP contribution in [0.4, 0.5) is 8.78 Å². The standard InChI is InChI=1S/C21H26F2N4O2/c1-15-8-9-18(29-20(22)23)17(12-15)13-26-21(24-2)27-14-19(28)25-11-10-16-6-4-3-5-7-16/h3-9,12,20H,10-11,13-14H2,1-2H3,(H,25,28)(H2,24,26,27). The van der Waals surface area contributed by atoms with Crippen LogP contribution >= 0.6 is 0 Å². The Labute approximate surface area is 169 Å². The van der Waals surface area contributed by atoms with Gasteiger partial charge in [0.05, 0.1) is 6.54 Å². The third kappa shape index (κ3) is 8.16. The molecule has 0 aromatic heterocycles. The van der Waals surface area contributed by atoms with Gasteiger partial charge in [0.25, 0.3) is 0 Å². The van der Waals surface area contributed by atoms with E-state index in [0.29, 0.717) is 18.1 Å². The van der Waals surface area contributed by atoms with Crippen molar-refractivity contribution in [2.75, 3.05) is 20.1 Å². The molecule has 0 saturated heterocycles. The minimum Gasteiger partial charge on any atom is -0.434 e. The van der Waals surface area contributed by atoms with Gasteiger partial charge in [0.15, 0.2) is 5.96 Å². The Morgan fingerprint density at radius 3 is 2.55 bits per heavy atom. The molecule has 29 heavy (non-hydrogen) atoms. The van der Waals surface area contributed by atoms with E-state index in [1.807, 2.05) is 37.3 Å². The van der Waals surface area contributed by atoms with E-state index >= 15 is 0 Å². The fourth-order valence-electron chi connectivity index (χ4n) is 2.67. The number of aryl methyl sites for hydroxylation is 1. The van der Waals surface area contributed by atoms with Crippen molar-refractivity contribution in [1.82, 2.24) is 16.0 Å². The van der Waals surface area contributed by atoms with Crippen molar-refractivity contribution in [3.63, 3.8) is 0 Å². The fourth-order valence-corrected chi connectivity index (χ4v) is 2.67. The molecule has 0 aliphatic carbocycles. The SMILES string of the molecule is CN=C(NCC(=O)NCCc1ccccc1)NCc1cc(C)ccc1OC(F)F. The third-order valence-corrected chi connectivity index (χ3v) is 4.10. The average molecular weight is 404 g/mol. The molecular weight excluding hydrogens is 378 g/mol. The highest BCUT2D eigenvalue weighted by Gasteiger charge is 2.11. The van der Waals surface area contributed by atoms with Gasteiger partial charge in [-0.25, -0.2) is 0 Å². The molecule has 0 saturated carbocycles. The smallest absolute Gasteiger partial charge is 0.387 e. The maximum atomic E-state index is 12.6. The lowest BCUT2D eigenvalue weighted by atomic mass is 10.1.